The predicted octanol–water partition coefficient (Wildman–Crippen LogP) is 6.60. The van der Waals surface area contributed by atoms with E-state index in [4.69, 9.17) is 0 Å². The molecule has 0 saturated carbocycles. The van der Waals surface area contributed by atoms with Gasteiger partial charge in [0.05, 0.1) is 5.92 Å². The van der Waals surface area contributed by atoms with E-state index in [9.17, 15) is 14.9 Å². The number of thioether (sulfide) groups is 1. The Morgan fingerprint density at radius 3 is 2.39 bits per heavy atom. The zero-order chi connectivity index (χ0) is 23.0. The van der Waals surface area contributed by atoms with Crippen molar-refractivity contribution in [1.29, 1.82) is 0 Å². The molecule has 0 aliphatic carbocycles. The van der Waals surface area contributed by atoms with Gasteiger partial charge in [0, 0.05) is 25.5 Å². The first-order chi connectivity index (χ1) is 16.0. The van der Waals surface area contributed by atoms with Crippen LogP contribution in [0.15, 0.2) is 100 Å². The van der Waals surface area contributed by atoms with Gasteiger partial charge in [0.1, 0.15) is 4.75 Å². The van der Waals surface area contributed by atoms with Crippen LogP contribution in [0.5, 0.6) is 0 Å². The van der Waals surface area contributed by atoms with Crippen LogP contribution in [-0.4, -0.2) is 17.4 Å². The highest BCUT2D eigenvalue weighted by Gasteiger charge is 2.55. The summed E-state index contributed by atoms with van der Waals surface area (Å²) >= 11 is 4.82. The van der Waals surface area contributed by atoms with E-state index in [-0.39, 0.29) is 17.4 Å². The number of carbonyl (C=O) groups is 1. The number of rotatable bonds is 6. The van der Waals surface area contributed by atoms with Crippen molar-refractivity contribution in [1.82, 2.24) is 0 Å². The number of halogens is 1. The number of para-hydroxylation sites is 1. The molecule has 1 aliphatic rings. The molecule has 5 rings (SSSR count). The van der Waals surface area contributed by atoms with Crippen molar-refractivity contribution in [3.8, 4) is 0 Å². The van der Waals surface area contributed by atoms with E-state index < -0.39 is 10.7 Å². The molecule has 4 aromatic carbocycles. The van der Waals surface area contributed by atoms with E-state index in [2.05, 4.69) is 21.2 Å². The number of carbonyl (C=O) groups excluding carboxylic acids is 1. The number of anilines is 1. The van der Waals surface area contributed by atoms with Crippen LogP contribution in [0.2, 0.25) is 0 Å². The molecule has 0 spiro atoms. The molecular weight excluding hydrogens is 500 g/mol. The van der Waals surface area contributed by atoms with Crippen molar-refractivity contribution >= 4 is 50.1 Å². The molecule has 0 bridgehead atoms. The molecule has 1 aliphatic heterocycles. The van der Waals surface area contributed by atoms with Crippen LogP contribution < -0.4 is 5.32 Å². The fraction of sp³-hybridized carbons (Fsp3) is 0.115. The van der Waals surface area contributed by atoms with Gasteiger partial charge in [-0.15, -0.1) is 11.8 Å². The molecule has 164 valence electrons. The molecular formula is C26H19BrN2O3S. The van der Waals surface area contributed by atoms with Gasteiger partial charge in [0.25, 0.3) is 0 Å². The van der Waals surface area contributed by atoms with Crippen LogP contribution in [-0.2, 0) is 9.54 Å². The molecule has 0 saturated heterocycles. The van der Waals surface area contributed by atoms with E-state index >= 15 is 0 Å². The minimum absolute atomic E-state index is 0.239. The number of nitro groups is 1. The first-order valence-electron chi connectivity index (χ1n) is 10.4. The highest BCUT2D eigenvalue weighted by Crippen LogP contribution is 2.57. The Kier molecular flexibility index (Phi) is 5.68. The predicted molar refractivity (Wildman–Crippen MR) is 135 cm³/mol. The second-order valence-electron chi connectivity index (χ2n) is 7.97. The third-order valence-electron chi connectivity index (χ3n) is 6.01. The minimum Gasteiger partial charge on any atom is -0.324 e. The molecule has 4 aromatic rings. The second kappa shape index (κ2) is 8.65. The molecule has 2 atom stereocenters. The van der Waals surface area contributed by atoms with Gasteiger partial charge in [-0.2, -0.15) is 0 Å². The number of fused-ring (bicyclic) bond motifs is 2. The highest BCUT2D eigenvalue weighted by molar-refractivity contribution is 9.10. The van der Waals surface area contributed by atoms with Crippen molar-refractivity contribution in [3.05, 3.63) is 117 Å². The normalized spacial score (nSPS) is 18.0. The highest BCUT2D eigenvalue weighted by atomic mass is 79.9. The number of amides is 1. The zero-order valence-corrected chi connectivity index (χ0v) is 19.8. The largest absolute Gasteiger partial charge is 0.324 e. The Labute approximate surface area is 203 Å². The maximum atomic E-state index is 13.7. The third-order valence-corrected chi connectivity index (χ3v) is 8.04. The van der Waals surface area contributed by atoms with Gasteiger partial charge in [-0.1, -0.05) is 76.6 Å². The molecule has 0 radical (unpaired) electrons. The Bertz CT molecular complexity index is 1380. The zero-order valence-electron chi connectivity index (χ0n) is 17.4. The van der Waals surface area contributed by atoms with E-state index in [1.165, 1.54) is 11.8 Å². The maximum absolute atomic E-state index is 13.7. The van der Waals surface area contributed by atoms with Gasteiger partial charge >= 0.3 is 0 Å². The number of hydrogen-bond donors (Lipinski definition) is 1. The number of nitrogens with zero attached hydrogens (tertiary/aromatic N) is 1. The Balaban J connectivity index is 1.72. The molecule has 1 amide bonds. The number of nitrogens with one attached hydrogen (secondary N) is 1. The van der Waals surface area contributed by atoms with Crippen LogP contribution in [0.25, 0.3) is 10.8 Å². The summed E-state index contributed by atoms with van der Waals surface area (Å²) in [7, 11) is 0. The summed E-state index contributed by atoms with van der Waals surface area (Å²) in [5.41, 5.74) is 2.21. The van der Waals surface area contributed by atoms with Crippen LogP contribution in [0.4, 0.5) is 5.69 Å². The maximum Gasteiger partial charge on any atom is 0.246 e. The number of hydrogen-bond acceptors (Lipinski definition) is 4. The molecule has 1 heterocycles. The van der Waals surface area contributed by atoms with Gasteiger partial charge < -0.3 is 5.32 Å². The van der Waals surface area contributed by atoms with Crippen molar-refractivity contribution in [3.63, 3.8) is 0 Å². The van der Waals surface area contributed by atoms with Gasteiger partial charge in [-0.25, -0.2) is 0 Å². The number of benzene rings is 4. The van der Waals surface area contributed by atoms with Crippen LogP contribution >= 0.6 is 27.7 Å². The van der Waals surface area contributed by atoms with E-state index in [0.717, 1.165) is 31.3 Å². The topological polar surface area (TPSA) is 72.2 Å². The van der Waals surface area contributed by atoms with Gasteiger partial charge in [-0.05, 0) is 46.7 Å². The van der Waals surface area contributed by atoms with E-state index in [0.29, 0.717) is 5.69 Å². The molecule has 0 aromatic heterocycles. The van der Waals surface area contributed by atoms with Crippen molar-refractivity contribution < 1.29 is 9.72 Å². The second-order valence-corrected chi connectivity index (χ2v) is 10.2. The molecule has 0 fully saturated rings. The first kappa shape index (κ1) is 21.7. The average Bonchev–Trinajstić information content (AvgIpc) is 3.10. The van der Waals surface area contributed by atoms with Gasteiger partial charge in [0.15, 0.2) is 0 Å². The quantitative estimate of drug-likeness (QED) is 0.230. The summed E-state index contributed by atoms with van der Waals surface area (Å²) in [4.78, 5) is 26.1. The monoisotopic (exact) mass is 518 g/mol. The van der Waals surface area contributed by atoms with Crippen molar-refractivity contribution in [2.24, 2.45) is 0 Å². The average molecular weight is 519 g/mol. The van der Waals surface area contributed by atoms with Crippen LogP contribution in [0.3, 0.4) is 0 Å². The molecule has 1 N–H and O–H groups in total. The summed E-state index contributed by atoms with van der Waals surface area (Å²) in [5.74, 6) is -0.919. The lowest BCUT2D eigenvalue weighted by Gasteiger charge is -2.33. The SMILES string of the molecule is O=C1Nc2ccccc2[C@]1(Sc1ccc2ccccc2c1)[C@H](C[N+](=O)[O-])c1ccc(Br)cc1. The lowest BCUT2D eigenvalue weighted by Crippen LogP contribution is -2.40. The lowest BCUT2D eigenvalue weighted by atomic mass is 9.81. The molecule has 0 unspecified atom stereocenters. The molecule has 33 heavy (non-hydrogen) atoms. The standard InChI is InChI=1S/C26H19BrN2O3S/c27-20-12-9-18(10-13-20)23(16-29(31)32)26(22-7-3-4-8-24(22)28-25(26)30)33-21-14-11-17-5-1-2-6-19(17)15-21/h1-15,23H,16H2,(H,28,30)/t23-,26+/m1/s1. The van der Waals surface area contributed by atoms with Gasteiger partial charge in [0.2, 0.25) is 12.5 Å². The smallest absolute Gasteiger partial charge is 0.246 e. The van der Waals surface area contributed by atoms with Crippen LogP contribution in [0, 0.1) is 10.1 Å². The summed E-state index contributed by atoms with van der Waals surface area (Å²) in [6.45, 7) is -0.371. The van der Waals surface area contributed by atoms with E-state index in [1.54, 1.807) is 0 Å². The molecule has 7 heteroatoms. The lowest BCUT2D eigenvalue weighted by molar-refractivity contribution is -0.484. The molecule has 5 nitrogen and oxygen atoms in total. The first-order valence-corrected chi connectivity index (χ1v) is 12.0. The third kappa shape index (κ3) is 3.92. The summed E-state index contributed by atoms with van der Waals surface area (Å²) < 4.78 is -0.321. The fourth-order valence-corrected chi connectivity index (χ4v) is 6.24. The Morgan fingerprint density at radius 1 is 0.939 bits per heavy atom. The van der Waals surface area contributed by atoms with Crippen LogP contribution in [0.1, 0.15) is 17.0 Å². The minimum atomic E-state index is -1.19. The summed E-state index contributed by atoms with van der Waals surface area (Å²) in [5, 5.41) is 17.0. The van der Waals surface area contributed by atoms with Gasteiger partial charge in [-0.3, -0.25) is 14.9 Å². The Hall–Kier alpha value is -3.16. The van der Waals surface area contributed by atoms with Crippen molar-refractivity contribution in [2.75, 3.05) is 11.9 Å². The van der Waals surface area contributed by atoms with E-state index in [1.807, 2.05) is 91.0 Å². The summed E-state index contributed by atoms with van der Waals surface area (Å²) in [6, 6.07) is 29.0. The fourth-order valence-electron chi connectivity index (χ4n) is 4.50. The van der Waals surface area contributed by atoms with Crippen molar-refractivity contribution in [2.45, 2.75) is 15.6 Å². The summed E-state index contributed by atoms with van der Waals surface area (Å²) in [6.07, 6.45) is 0. The Morgan fingerprint density at radius 2 is 1.64 bits per heavy atom.